The Kier molecular flexibility index (Phi) is 4.01. The van der Waals surface area contributed by atoms with Gasteiger partial charge in [-0.1, -0.05) is 24.3 Å². The van der Waals surface area contributed by atoms with E-state index in [0.29, 0.717) is 11.3 Å². The van der Waals surface area contributed by atoms with Crippen molar-refractivity contribution in [1.29, 1.82) is 0 Å². The van der Waals surface area contributed by atoms with Crippen LogP contribution in [0.25, 0.3) is 6.08 Å². The lowest BCUT2D eigenvalue weighted by Gasteiger charge is -2.28. The topological polar surface area (TPSA) is 89.9 Å². The summed E-state index contributed by atoms with van der Waals surface area (Å²) in [5.41, 5.74) is 0.800. The number of aromatic hydroxyl groups is 2. The molecule has 3 rings (SSSR count). The second-order valence-corrected chi connectivity index (χ2v) is 5.43. The highest BCUT2D eigenvalue weighted by Crippen LogP contribution is 2.27. The van der Waals surface area contributed by atoms with Crippen LogP contribution in [-0.4, -0.2) is 27.1 Å². The van der Waals surface area contributed by atoms with E-state index in [4.69, 9.17) is 12.2 Å². The fourth-order valence-corrected chi connectivity index (χ4v) is 2.55. The van der Waals surface area contributed by atoms with E-state index in [-0.39, 0.29) is 22.2 Å². The van der Waals surface area contributed by atoms with Crippen LogP contribution in [0.1, 0.15) is 5.56 Å². The molecule has 1 aliphatic heterocycles. The van der Waals surface area contributed by atoms with E-state index in [9.17, 15) is 19.8 Å². The summed E-state index contributed by atoms with van der Waals surface area (Å²) in [7, 11) is 0. The molecule has 0 aliphatic carbocycles. The summed E-state index contributed by atoms with van der Waals surface area (Å²) in [4.78, 5) is 26.0. The number of hydrogen-bond donors (Lipinski definition) is 3. The fourth-order valence-electron chi connectivity index (χ4n) is 2.27. The van der Waals surface area contributed by atoms with Crippen LogP contribution in [0.2, 0.25) is 0 Å². The summed E-state index contributed by atoms with van der Waals surface area (Å²) >= 11 is 5.09. The number of rotatable bonds is 2. The van der Waals surface area contributed by atoms with Crippen LogP contribution >= 0.6 is 12.2 Å². The summed E-state index contributed by atoms with van der Waals surface area (Å²) in [5.74, 6) is -1.82. The molecule has 2 aromatic rings. The Morgan fingerprint density at radius 2 is 1.71 bits per heavy atom. The fraction of sp³-hybridized carbons (Fsp3) is 0. The Balaban J connectivity index is 2.02. The summed E-state index contributed by atoms with van der Waals surface area (Å²) in [6, 6.07) is 12.7. The van der Waals surface area contributed by atoms with Gasteiger partial charge in [0.2, 0.25) is 0 Å². The van der Waals surface area contributed by atoms with Crippen molar-refractivity contribution in [3.63, 3.8) is 0 Å². The van der Waals surface area contributed by atoms with Gasteiger partial charge in [-0.2, -0.15) is 0 Å². The number of phenolic OH excluding ortho intramolecular Hbond substituents is 2. The zero-order valence-electron chi connectivity index (χ0n) is 12.3. The van der Waals surface area contributed by atoms with Gasteiger partial charge < -0.3 is 10.2 Å². The van der Waals surface area contributed by atoms with Gasteiger partial charge in [-0.15, -0.1) is 0 Å². The lowest BCUT2D eigenvalue weighted by molar-refractivity contribution is -0.122. The van der Waals surface area contributed by atoms with Crippen LogP contribution in [0.5, 0.6) is 11.5 Å². The molecule has 120 valence electrons. The Morgan fingerprint density at radius 3 is 2.38 bits per heavy atom. The van der Waals surface area contributed by atoms with E-state index in [1.54, 1.807) is 30.3 Å². The molecule has 24 heavy (non-hydrogen) atoms. The van der Waals surface area contributed by atoms with Crippen LogP contribution in [0, 0.1) is 0 Å². The van der Waals surface area contributed by atoms with Crippen molar-refractivity contribution in [2.75, 3.05) is 4.90 Å². The third-order valence-corrected chi connectivity index (χ3v) is 3.71. The maximum atomic E-state index is 12.7. The van der Waals surface area contributed by atoms with E-state index in [2.05, 4.69) is 5.32 Å². The summed E-state index contributed by atoms with van der Waals surface area (Å²) in [6.07, 6.45) is 1.33. The molecule has 3 N–H and O–H groups in total. The zero-order chi connectivity index (χ0) is 17.3. The van der Waals surface area contributed by atoms with Crippen LogP contribution in [0.15, 0.2) is 54.1 Å². The summed E-state index contributed by atoms with van der Waals surface area (Å²) < 4.78 is 0. The Morgan fingerprint density at radius 1 is 1.00 bits per heavy atom. The summed E-state index contributed by atoms with van der Waals surface area (Å²) in [5, 5.41) is 21.3. The molecule has 0 radical (unpaired) electrons. The van der Waals surface area contributed by atoms with Gasteiger partial charge in [-0.25, -0.2) is 0 Å². The number of benzene rings is 2. The molecule has 0 aromatic heterocycles. The maximum absolute atomic E-state index is 12.7. The second kappa shape index (κ2) is 6.13. The van der Waals surface area contributed by atoms with Gasteiger partial charge in [0.05, 0.1) is 5.69 Å². The third-order valence-electron chi connectivity index (χ3n) is 3.43. The van der Waals surface area contributed by atoms with E-state index in [1.165, 1.54) is 29.2 Å². The van der Waals surface area contributed by atoms with Crippen molar-refractivity contribution in [3.05, 3.63) is 59.7 Å². The van der Waals surface area contributed by atoms with Gasteiger partial charge in [-0.05, 0) is 48.1 Å². The average Bonchev–Trinajstić information content (AvgIpc) is 2.55. The molecule has 1 fully saturated rings. The molecule has 6 nitrogen and oxygen atoms in total. The molecule has 0 atom stereocenters. The smallest absolute Gasteiger partial charge is 0.270 e. The zero-order valence-corrected chi connectivity index (χ0v) is 13.1. The molecular formula is C17H12N2O4S. The highest BCUT2D eigenvalue weighted by molar-refractivity contribution is 7.80. The lowest BCUT2D eigenvalue weighted by atomic mass is 10.1. The molecule has 1 aliphatic rings. The molecule has 0 spiro atoms. The number of amides is 2. The van der Waals surface area contributed by atoms with Gasteiger partial charge in [0.15, 0.2) is 16.6 Å². The molecule has 0 unspecified atom stereocenters. The van der Waals surface area contributed by atoms with Gasteiger partial charge >= 0.3 is 0 Å². The van der Waals surface area contributed by atoms with E-state index in [0.717, 1.165) is 0 Å². The Hall–Kier alpha value is -3.19. The van der Waals surface area contributed by atoms with Gasteiger partial charge in [0.25, 0.3) is 11.8 Å². The number of hydrogen-bond acceptors (Lipinski definition) is 5. The average molecular weight is 340 g/mol. The number of nitrogens with zero attached hydrogens (tertiary/aromatic N) is 1. The maximum Gasteiger partial charge on any atom is 0.270 e. The third kappa shape index (κ3) is 2.84. The van der Waals surface area contributed by atoms with Crippen molar-refractivity contribution >= 4 is 40.9 Å². The van der Waals surface area contributed by atoms with Crippen LogP contribution in [-0.2, 0) is 9.59 Å². The molecule has 0 bridgehead atoms. The first kappa shape index (κ1) is 15.7. The SMILES string of the molecule is O=C1NC(=S)N(c2ccccc2)C(=O)C1=Cc1ccc(O)c(O)c1. The lowest BCUT2D eigenvalue weighted by Crippen LogP contribution is -2.54. The standard InChI is InChI=1S/C17H12N2O4S/c20-13-7-6-10(9-14(13)21)8-12-15(22)18-17(24)19(16(12)23)11-4-2-1-3-5-11/h1-9,20-21H,(H,18,22,24). The minimum Gasteiger partial charge on any atom is -0.504 e. The Bertz CT molecular complexity index is 877. The quantitative estimate of drug-likeness (QED) is 0.336. The van der Waals surface area contributed by atoms with E-state index in [1.807, 2.05) is 0 Å². The molecular weight excluding hydrogens is 328 g/mol. The highest BCUT2D eigenvalue weighted by atomic mass is 32.1. The van der Waals surface area contributed by atoms with Crippen molar-refractivity contribution in [1.82, 2.24) is 5.32 Å². The minimum absolute atomic E-state index is 0.00176. The number of phenols is 2. The van der Waals surface area contributed by atoms with Gasteiger partial charge in [0.1, 0.15) is 5.57 Å². The molecule has 2 amide bonds. The second-order valence-electron chi connectivity index (χ2n) is 5.04. The monoisotopic (exact) mass is 340 g/mol. The molecule has 1 saturated heterocycles. The highest BCUT2D eigenvalue weighted by Gasteiger charge is 2.34. The number of carbonyl (C=O) groups is 2. The number of thiocarbonyl (C=S) groups is 1. The molecule has 0 saturated carbocycles. The largest absolute Gasteiger partial charge is 0.504 e. The van der Waals surface area contributed by atoms with Crippen molar-refractivity contribution in [3.8, 4) is 11.5 Å². The van der Waals surface area contributed by atoms with Crippen molar-refractivity contribution < 1.29 is 19.8 Å². The first-order valence-electron chi connectivity index (χ1n) is 6.96. The Labute approximate surface area is 142 Å². The van der Waals surface area contributed by atoms with Gasteiger partial charge in [0, 0.05) is 0 Å². The molecule has 1 heterocycles. The predicted octanol–water partition coefficient (Wildman–Crippen LogP) is 1.93. The number of carbonyl (C=O) groups excluding carboxylic acids is 2. The first-order valence-corrected chi connectivity index (χ1v) is 7.36. The van der Waals surface area contributed by atoms with Gasteiger partial charge in [-0.3, -0.25) is 19.8 Å². The van der Waals surface area contributed by atoms with Crippen molar-refractivity contribution in [2.24, 2.45) is 0 Å². The van der Waals surface area contributed by atoms with Crippen LogP contribution in [0.4, 0.5) is 5.69 Å². The summed E-state index contributed by atoms with van der Waals surface area (Å²) in [6.45, 7) is 0. The van der Waals surface area contributed by atoms with Crippen LogP contribution in [0.3, 0.4) is 0 Å². The van der Waals surface area contributed by atoms with E-state index < -0.39 is 11.8 Å². The number of anilines is 1. The van der Waals surface area contributed by atoms with Crippen LogP contribution < -0.4 is 10.2 Å². The molecule has 7 heteroatoms. The normalized spacial score (nSPS) is 16.4. The molecule has 2 aromatic carbocycles. The van der Waals surface area contributed by atoms with E-state index >= 15 is 0 Å². The first-order chi connectivity index (χ1) is 11.5. The number of para-hydroxylation sites is 1. The minimum atomic E-state index is -0.621. The van der Waals surface area contributed by atoms with Crippen molar-refractivity contribution in [2.45, 2.75) is 0 Å². The predicted molar refractivity (Wildman–Crippen MR) is 92.4 cm³/mol. The number of nitrogens with one attached hydrogen (secondary N) is 1.